The van der Waals surface area contributed by atoms with Crippen molar-refractivity contribution in [2.24, 2.45) is 0 Å². The first-order chi connectivity index (χ1) is 8.33. The van der Waals surface area contributed by atoms with Gasteiger partial charge >= 0.3 is 0 Å². The van der Waals surface area contributed by atoms with Gasteiger partial charge in [-0.25, -0.2) is 4.98 Å². The van der Waals surface area contributed by atoms with Gasteiger partial charge < -0.3 is 10.2 Å². The molecule has 0 bridgehead atoms. The van der Waals surface area contributed by atoms with E-state index in [0.29, 0.717) is 6.04 Å². The maximum atomic E-state index is 4.58. The van der Waals surface area contributed by atoms with Gasteiger partial charge in [0.15, 0.2) is 0 Å². The van der Waals surface area contributed by atoms with Crippen LogP contribution < -0.4 is 10.2 Å². The van der Waals surface area contributed by atoms with E-state index in [1.54, 1.807) is 0 Å². The fourth-order valence-electron chi connectivity index (χ4n) is 2.40. The van der Waals surface area contributed by atoms with Crippen LogP contribution in [0.5, 0.6) is 0 Å². The Bertz CT molecular complexity index is 343. The molecule has 1 N–H and O–H groups in total. The molecule has 1 fully saturated rings. The van der Waals surface area contributed by atoms with E-state index >= 15 is 0 Å². The molecule has 0 aliphatic heterocycles. The van der Waals surface area contributed by atoms with Gasteiger partial charge in [0.25, 0.3) is 0 Å². The van der Waals surface area contributed by atoms with Crippen molar-refractivity contribution < 1.29 is 0 Å². The van der Waals surface area contributed by atoms with Gasteiger partial charge in [0.1, 0.15) is 5.82 Å². The normalized spacial score (nSPS) is 16.1. The summed E-state index contributed by atoms with van der Waals surface area (Å²) in [7, 11) is 0. The third-order valence-corrected chi connectivity index (χ3v) is 3.42. The molecular weight excluding hydrogens is 212 g/mol. The van der Waals surface area contributed by atoms with Crippen molar-refractivity contribution in [2.45, 2.75) is 45.6 Å². The van der Waals surface area contributed by atoms with E-state index in [1.165, 1.54) is 25.7 Å². The minimum atomic E-state index is 0.571. The van der Waals surface area contributed by atoms with Crippen molar-refractivity contribution in [3.63, 3.8) is 0 Å². The fourth-order valence-corrected chi connectivity index (χ4v) is 2.40. The second kappa shape index (κ2) is 5.84. The van der Waals surface area contributed by atoms with E-state index in [9.17, 15) is 0 Å². The minimum Gasteiger partial charge on any atom is -0.357 e. The Kier molecular flexibility index (Phi) is 4.18. The highest BCUT2D eigenvalue weighted by atomic mass is 15.2. The minimum absolute atomic E-state index is 0.571. The Hall–Kier alpha value is -1.32. The van der Waals surface area contributed by atoms with Crippen LogP contribution in [0.25, 0.3) is 0 Å². The third kappa shape index (κ3) is 3.08. The van der Waals surface area contributed by atoms with E-state index in [1.807, 2.05) is 12.3 Å². The molecule has 0 unspecified atom stereocenters. The van der Waals surface area contributed by atoms with Gasteiger partial charge in [0.2, 0.25) is 5.95 Å². The van der Waals surface area contributed by atoms with Gasteiger partial charge in [-0.15, -0.1) is 0 Å². The Balaban J connectivity index is 2.04. The van der Waals surface area contributed by atoms with Gasteiger partial charge in [0.05, 0.1) is 0 Å². The predicted molar refractivity (Wildman–Crippen MR) is 71.5 cm³/mol. The second-order valence-corrected chi connectivity index (χ2v) is 4.54. The number of anilines is 2. The monoisotopic (exact) mass is 234 g/mol. The van der Waals surface area contributed by atoms with E-state index in [2.05, 4.69) is 34.0 Å². The van der Waals surface area contributed by atoms with Crippen molar-refractivity contribution >= 4 is 11.8 Å². The average Bonchev–Trinajstić information content (AvgIpc) is 2.84. The summed E-state index contributed by atoms with van der Waals surface area (Å²) in [4.78, 5) is 11.1. The molecule has 0 spiro atoms. The molecule has 0 radical (unpaired) electrons. The van der Waals surface area contributed by atoms with E-state index < -0.39 is 0 Å². The molecule has 1 heterocycles. The van der Waals surface area contributed by atoms with Crippen LogP contribution in [0, 0.1) is 0 Å². The maximum Gasteiger partial charge on any atom is 0.224 e. The summed E-state index contributed by atoms with van der Waals surface area (Å²) >= 11 is 0. The highest BCUT2D eigenvalue weighted by molar-refractivity contribution is 5.42. The summed E-state index contributed by atoms with van der Waals surface area (Å²) in [6, 6.07) is 2.55. The summed E-state index contributed by atoms with van der Waals surface area (Å²) in [5.41, 5.74) is 0. The summed E-state index contributed by atoms with van der Waals surface area (Å²) in [5.74, 6) is 1.80. The van der Waals surface area contributed by atoms with Gasteiger partial charge in [-0.1, -0.05) is 12.8 Å². The maximum absolute atomic E-state index is 4.58. The molecular formula is C13H22N4. The molecule has 1 aliphatic carbocycles. The molecule has 1 aromatic rings. The summed E-state index contributed by atoms with van der Waals surface area (Å²) < 4.78 is 0. The van der Waals surface area contributed by atoms with Gasteiger partial charge in [-0.3, -0.25) is 0 Å². The molecule has 2 rings (SSSR count). The van der Waals surface area contributed by atoms with Crippen molar-refractivity contribution in [1.29, 1.82) is 0 Å². The van der Waals surface area contributed by atoms with Crippen LogP contribution in [0.3, 0.4) is 0 Å². The Labute approximate surface area is 103 Å². The quantitative estimate of drug-likeness (QED) is 0.850. The Morgan fingerprint density at radius 1 is 1.29 bits per heavy atom. The lowest BCUT2D eigenvalue weighted by molar-refractivity contribution is 0.741. The lowest BCUT2D eigenvalue weighted by Gasteiger charge is -2.20. The van der Waals surface area contributed by atoms with E-state index in [4.69, 9.17) is 0 Å². The van der Waals surface area contributed by atoms with Crippen molar-refractivity contribution in [3.8, 4) is 0 Å². The van der Waals surface area contributed by atoms with E-state index in [0.717, 1.165) is 24.9 Å². The SMILES string of the molecule is CCN(CC)c1ccnc(NC2CCCC2)n1. The highest BCUT2D eigenvalue weighted by Gasteiger charge is 2.15. The van der Waals surface area contributed by atoms with Crippen LogP contribution in [0.15, 0.2) is 12.3 Å². The number of rotatable bonds is 5. The van der Waals surface area contributed by atoms with Crippen LogP contribution in [-0.2, 0) is 0 Å². The van der Waals surface area contributed by atoms with Crippen molar-refractivity contribution in [2.75, 3.05) is 23.3 Å². The zero-order valence-corrected chi connectivity index (χ0v) is 10.8. The molecule has 17 heavy (non-hydrogen) atoms. The Morgan fingerprint density at radius 2 is 2.00 bits per heavy atom. The first-order valence-electron chi connectivity index (χ1n) is 6.68. The topological polar surface area (TPSA) is 41.1 Å². The molecule has 0 aromatic carbocycles. The van der Waals surface area contributed by atoms with Gasteiger partial charge in [-0.2, -0.15) is 4.98 Å². The summed E-state index contributed by atoms with van der Waals surface area (Å²) in [6.45, 7) is 6.26. The lowest BCUT2D eigenvalue weighted by atomic mass is 10.2. The molecule has 1 saturated carbocycles. The van der Waals surface area contributed by atoms with Crippen LogP contribution in [-0.4, -0.2) is 29.1 Å². The molecule has 0 saturated heterocycles. The number of hydrogen-bond acceptors (Lipinski definition) is 4. The highest BCUT2D eigenvalue weighted by Crippen LogP contribution is 2.21. The first kappa shape index (κ1) is 12.1. The predicted octanol–water partition coefficient (Wildman–Crippen LogP) is 2.68. The number of nitrogens with zero attached hydrogens (tertiary/aromatic N) is 3. The zero-order chi connectivity index (χ0) is 12.1. The smallest absolute Gasteiger partial charge is 0.224 e. The van der Waals surface area contributed by atoms with Crippen LogP contribution in [0.4, 0.5) is 11.8 Å². The molecule has 4 heteroatoms. The van der Waals surface area contributed by atoms with Crippen LogP contribution in [0.1, 0.15) is 39.5 Å². The Morgan fingerprint density at radius 3 is 2.65 bits per heavy atom. The fraction of sp³-hybridized carbons (Fsp3) is 0.692. The number of nitrogens with one attached hydrogen (secondary N) is 1. The van der Waals surface area contributed by atoms with Crippen LogP contribution in [0.2, 0.25) is 0 Å². The average molecular weight is 234 g/mol. The molecule has 1 aromatic heterocycles. The largest absolute Gasteiger partial charge is 0.357 e. The molecule has 1 aliphatic rings. The van der Waals surface area contributed by atoms with Crippen LogP contribution >= 0.6 is 0 Å². The molecule has 4 nitrogen and oxygen atoms in total. The third-order valence-electron chi connectivity index (χ3n) is 3.42. The van der Waals surface area contributed by atoms with Crippen molar-refractivity contribution in [3.05, 3.63) is 12.3 Å². The second-order valence-electron chi connectivity index (χ2n) is 4.54. The number of aromatic nitrogens is 2. The summed E-state index contributed by atoms with van der Waals surface area (Å²) in [6.07, 6.45) is 7.00. The summed E-state index contributed by atoms with van der Waals surface area (Å²) in [5, 5.41) is 3.44. The van der Waals surface area contributed by atoms with Gasteiger partial charge in [0, 0.05) is 25.3 Å². The number of hydrogen-bond donors (Lipinski definition) is 1. The van der Waals surface area contributed by atoms with Crippen molar-refractivity contribution in [1.82, 2.24) is 9.97 Å². The zero-order valence-electron chi connectivity index (χ0n) is 10.8. The van der Waals surface area contributed by atoms with Gasteiger partial charge in [-0.05, 0) is 32.8 Å². The molecule has 94 valence electrons. The van der Waals surface area contributed by atoms with E-state index in [-0.39, 0.29) is 0 Å². The molecule has 0 atom stereocenters. The molecule has 0 amide bonds. The first-order valence-corrected chi connectivity index (χ1v) is 6.68. The standard InChI is InChI=1S/C13H22N4/c1-3-17(4-2)12-9-10-14-13(16-12)15-11-7-5-6-8-11/h9-11H,3-8H2,1-2H3,(H,14,15,16). The lowest BCUT2D eigenvalue weighted by Crippen LogP contribution is -2.24.